The van der Waals surface area contributed by atoms with Crippen LogP contribution in [0, 0.1) is 0 Å². The number of carboxylic acids is 1. The van der Waals surface area contributed by atoms with Crippen LogP contribution in [0.15, 0.2) is 36.5 Å². The molecule has 2 atom stereocenters. The molecule has 0 aromatic carbocycles. The average Bonchev–Trinajstić information content (AvgIpc) is 3.15. The summed E-state index contributed by atoms with van der Waals surface area (Å²) in [6, 6.07) is -0.727. The van der Waals surface area contributed by atoms with Crippen molar-refractivity contribution in [2.75, 3.05) is 41.0 Å². The Morgan fingerprint density at radius 3 is 1.43 bits per heavy atom. The predicted molar refractivity (Wildman–Crippen MR) is 231 cm³/mol. The maximum absolute atomic E-state index is 12.7. The lowest BCUT2D eigenvalue weighted by Crippen LogP contribution is -2.55. The molecule has 0 spiro atoms. The van der Waals surface area contributed by atoms with Crippen molar-refractivity contribution in [3.8, 4) is 0 Å². The zero-order valence-electron chi connectivity index (χ0n) is 37.1. The fourth-order valence-corrected chi connectivity index (χ4v) is 6.64. The summed E-state index contributed by atoms with van der Waals surface area (Å²) in [5.41, 5.74) is 0. The van der Waals surface area contributed by atoms with E-state index in [1.54, 1.807) is 21.1 Å². The number of carboxylic acid groups (broad SMARTS) is 1. The van der Waals surface area contributed by atoms with Gasteiger partial charge in [0.05, 0.1) is 40.3 Å². The Bertz CT molecular complexity index is 1020. The summed E-state index contributed by atoms with van der Waals surface area (Å²) < 4.78 is 17.2. The standard InChI is InChI=1S/C48H87NO7/c1-6-8-10-12-14-16-18-20-22-23-25-27-29-31-33-35-37-39-47(51)56-44(42-54-41-40-45(48(52)53)49(3,4)5)43-55-46(50)38-36-34-32-30-28-26-24-21-19-17-15-13-11-9-7-2/h15,17,19-22,44-45H,6-14,16,18,23-43H2,1-5H3/b17-15+,21-19+,22-20+. The maximum atomic E-state index is 12.7. The lowest BCUT2D eigenvalue weighted by Gasteiger charge is -2.34. The van der Waals surface area contributed by atoms with Gasteiger partial charge in [-0.15, -0.1) is 0 Å². The van der Waals surface area contributed by atoms with Gasteiger partial charge in [0, 0.05) is 19.3 Å². The zero-order chi connectivity index (χ0) is 41.4. The van der Waals surface area contributed by atoms with E-state index in [4.69, 9.17) is 14.2 Å². The summed E-state index contributed by atoms with van der Waals surface area (Å²) in [5, 5.41) is 11.6. The molecular weight excluding hydrogens is 703 g/mol. The van der Waals surface area contributed by atoms with E-state index in [0.717, 1.165) is 51.4 Å². The van der Waals surface area contributed by atoms with Crippen LogP contribution in [0.1, 0.15) is 200 Å². The fourth-order valence-electron chi connectivity index (χ4n) is 6.64. The third-order valence-electron chi connectivity index (χ3n) is 10.3. The van der Waals surface area contributed by atoms with Gasteiger partial charge in [0.15, 0.2) is 6.10 Å². The van der Waals surface area contributed by atoms with Crippen molar-refractivity contribution in [1.82, 2.24) is 0 Å². The zero-order valence-corrected chi connectivity index (χ0v) is 37.1. The van der Waals surface area contributed by atoms with Crippen molar-refractivity contribution in [2.45, 2.75) is 212 Å². The molecule has 0 aliphatic heterocycles. The van der Waals surface area contributed by atoms with Crippen LogP contribution in [0.2, 0.25) is 0 Å². The molecule has 8 nitrogen and oxygen atoms in total. The molecule has 0 fully saturated rings. The molecule has 0 saturated carbocycles. The molecule has 0 bridgehead atoms. The third-order valence-corrected chi connectivity index (χ3v) is 10.3. The van der Waals surface area contributed by atoms with Crippen molar-refractivity contribution >= 4 is 17.9 Å². The summed E-state index contributed by atoms with van der Waals surface area (Å²) in [5.74, 6) is -1.75. The lowest BCUT2D eigenvalue weighted by atomic mass is 10.1. The van der Waals surface area contributed by atoms with E-state index < -0.39 is 18.1 Å². The molecule has 0 N–H and O–H groups in total. The molecule has 0 aliphatic rings. The fraction of sp³-hybridized carbons (Fsp3) is 0.812. The molecule has 0 aromatic heterocycles. The van der Waals surface area contributed by atoms with Crippen LogP contribution < -0.4 is 5.11 Å². The minimum atomic E-state index is -1.13. The molecule has 326 valence electrons. The highest BCUT2D eigenvalue weighted by atomic mass is 16.6. The SMILES string of the molecule is CCCCC/C=C/C=C/CCCCCCCCC(=O)OCC(COCCC(C(=O)[O-])[N+](C)(C)C)OC(=O)CCCCCCCCC/C=C/CCCCCCCC. The van der Waals surface area contributed by atoms with E-state index >= 15 is 0 Å². The number of likely N-dealkylation sites (N-methyl/N-ethyl adjacent to an activating group) is 1. The molecular formula is C48H87NO7. The largest absolute Gasteiger partial charge is 0.544 e. The number of esters is 2. The number of quaternary nitrogens is 1. The Morgan fingerprint density at radius 1 is 0.536 bits per heavy atom. The first-order chi connectivity index (χ1) is 27.1. The maximum Gasteiger partial charge on any atom is 0.306 e. The molecule has 0 rings (SSSR count). The smallest absolute Gasteiger partial charge is 0.306 e. The first-order valence-electron chi connectivity index (χ1n) is 23.0. The summed E-state index contributed by atoms with van der Waals surface area (Å²) >= 11 is 0. The first kappa shape index (κ1) is 53.6. The number of nitrogens with zero attached hydrogens (tertiary/aromatic N) is 1. The lowest BCUT2D eigenvalue weighted by molar-refractivity contribution is -0.889. The Labute approximate surface area is 344 Å². The van der Waals surface area contributed by atoms with Gasteiger partial charge in [0.2, 0.25) is 0 Å². The Morgan fingerprint density at radius 2 is 0.946 bits per heavy atom. The van der Waals surface area contributed by atoms with Crippen LogP contribution in [0.3, 0.4) is 0 Å². The highest BCUT2D eigenvalue weighted by molar-refractivity contribution is 5.70. The third kappa shape index (κ3) is 37.1. The second-order valence-electron chi connectivity index (χ2n) is 16.7. The molecule has 0 amide bonds. The second-order valence-corrected chi connectivity index (χ2v) is 16.7. The van der Waals surface area contributed by atoms with Crippen LogP contribution in [-0.4, -0.2) is 75.5 Å². The van der Waals surface area contributed by atoms with Gasteiger partial charge in [0.25, 0.3) is 0 Å². The quantitative estimate of drug-likeness (QED) is 0.0200. The van der Waals surface area contributed by atoms with Crippen LogP contribution in [0.25, 0.3) is 0 Å². The molecule has 0 heterocycles. The van der Waals surface area contributed by atoms with Crippen LogP contribution >= 0.6 is 0 Å². The number of ether oxygens (including phenoxy) is 3. The van der Waals surface area contributed by atoms with E-state index in [1.165, 1.54) is 116 Å². The van der Waals surface area contributed by atoms with Gasteiger partial charge in [-0.3, -0.25) is 9.59 Å². The number of allylic oxidation sites excluding steroid dienone is 6. The second kappa shape index (κ2) is 39.4. The summed E-state index contributed by atoms with van der Waals surface area (Å²) in [6.07, 6.45) is 44.4. The minimum absolute atomic E-state index is 0.0363. The first-order valence-corrected chi connectivity index (χ1v) is 23.0. The molecule has 56 heavy (non-hydrogen) atoms. The molecule has 0 aliphatic carbocycles. The van der Waals surface area contributed by atoms with E-state index in [1.807, 2.05) is 0 Å². The predicted octanol–water partition coefficient (Wildman–Crippen LogP) is 11.3. The van der Waals surface area contributed by atoms with Crippen molar-refractivity contribution < 1.29 is 38.2 Å². The van der Waals surface area contributed by atoms with Crippen LogP contribution in [0.4, 0.5) is 0 Å². The van der Waals surface area contributed by atoms with Gasteiger partial charge in [0.1, 0.15) is 12.6 Å². The summed E-state index contributed by atoms with van der Waals surface area (Å²) in [7, 11) is 5.40. The van der Waals surface area contributed by atoms with E-state index in [0.29, 0.717) is 12.8 Å². The monoisotopic (exact) mass is 790 g/mol. The van der Waals surface area contributed by atoms with E-state index in [-0.39, 0.29) is 42.7 Å². The average molecular weight is 790 g/mol. The van der Waals surface area contributed by atoms with Crippen molar-refractivity contribution in [3.05, 3.63) is 36.5 Å². The number of rotatable bonds is 41. The topological polar surface area (TPSA) is 102 Å². The molecule has 0 saturated heterocycles. The van der Waals surface area contributed by atoms with E-state index in [2.05, 4.69) is 50.3 Å². The normalized spacial score (nSPS) is 13.2. The number of hydrogen-bond donors (Lipinski definition) is 0. The van der Waals surface area contributed by atoms with Gasteiger partial charge in [-0.1, -0.05) is 153 Å². The summed E-state index contributed by atoms with van der Waals surface area (Å²) in [4.78, 5) is 36.9. The van der Waals surface area contributed by atoms with Gasteiger partial charge in [-0.2, -0.15) is 0 Å². The summed E-state index contributed by atoms with van der Waals surface area (Å²) in [6.45, 7) is 4.62. The number of unbranched alkanes of at least 4 members (excludes halogenated alkanes) is 22. The highest BCUT2D eigenvalue weighted by Gasteiger charge is 2.25. The Balaban J connectivity index is 4.34. The van der Waals surface area contributed by atoms with Gasteiger partial charge in [-0.25, -0.2) is 0 Å². The molecule has 2 unspecified atom stereocenters. The van der Waals surface area contributed by atoms with Crippen molar-refractivity contribution in [3.63, 3.8) is 0 Å². The number of aliphatic carboxylic acids is 1. The minimum Gasteiger partial charge on any atom is -0.544 e. The molecule has 0 radical (unpaired) electrons. The molecule has 0 aromatic rings. The number of carbonyl (C=O) groups is 3. The number of carbonyl (C=O) groups excluding carboxylic acids is 3. The van der Waals surface area contributed by atoms with Crippen molar-refractivity contribution in [1.29, 1.82) is 0 Å². The van der Waals surface area contributed by atoms with Crippen LogP contribution in [0.5, 0.6) is 0 Å². The Hall–Kier alpha value is -2.45. The molecule has 8 heteroatoms. The van der Waals surface area contributed by atoms with Crippen molar-refractivity contribution in [2.24, 2.45) is 0 Å². The highest BCUT2D eigenvalue weighted by Crippen LogP contribution is 2.14. The van der Waals surface area contributed by atoms with Gasteiger partial charge >= 0.3 is 11.9 Å². The van der Waals surface area contributed by atoms with Gasteiger partial charge in [-0.05, 0) is 64.2 Å². The van der Waals surface area contributed by atoms with Crippen LogP contribution in [-0.2, 0) is 28.6 Å². The Kier molecular flexibility index (Phi) is 37.7. The van der Waals surface area contributed by atoms with E-state index in [9.17, 15) is 19.5 Å². The van der Waals surface area contributed by atoms with Gasteiger partial charge < -0.3 is 28.6 Å². The number of hydrogen-bond acceptors (Lipinski definition) is 7.